The molecule has 0 atom stereocenters. The Balaban J connectivity index is 2.10. The third-order valence-corrected chi connectivity index (χ3v) is 3.28. The Morgan fingerprint density at radius 3 is 2.89 bits per heavy atom. The molecule has 1 aromatic heterocycles. The molecule has 1 aliphatic rings. The minimum atomic E-state index is -0.416. The number of hydrogen-bond acceptors (Lipinski definition) is 3. The lowest BCUT2D eigenvalue weighted by Crippen LogP contribution is -2.49. The van der Waals surface area contributed by atoms with Crippen LogP contribution in [0.5, 0.6) is 0 Å². The molecule has 2 aromatic rings. The summed E-state index contributed by atoms with van der Waals surface area (Å²) in [6.45, 7) is 0.355. The minimum absolute atomic E-state index is 0.252. The van der Waals surface area contributed by atoms with E-state index in [9.17, 15) is 9.59 Å². The summed E-state index contributed by atoms with van der Waals surface area (Å²) in [7, 11) is 0. The van der Waals surface area contributed by atoms with Gasteiger partial charge in [0, 0.05) is 35.0 Å². The number of urea groups is 1. The Morgan fingerprint density at radius 2 is 2.11 bits per heavy atom. The summed E-state index contributed by atoms with van der Waals surface area (Å²) in [4.78, 5) is 28.7. The van der Waals surface area contributed by atoms with Crippen LogP contribution in [0.25, 0.3) is 10.8 Å². The second-order valence-electron chi connectivity index (χ2n) is 4.28. The first-order valence-corrected chi connectivity index (χ1v) is 6.17. The number of nitrogens with zero attached hydrogens (tertiary/aromatic N) is 2. The Labute approximate surface area is 114 Å². The van der Waals surface area contributed by atoms with Crippen molar-refractivity contribution < 1.29 is 9.59 Å². The molecule has 19 heavy (non-hydrogen) atoms. The molecule has 0 unspecified atom stereocenters. The molecule has 2 heterocycles. The maximum absolute atomic E-state index is 11.9. The molecule has 3 rings (SSSR count). The second-order valence-corrected chi connectivity index (χ2v) is 4.72. The van der Waals surface area contributed by atoms with E-state index in [1.54, 1.807) is 24.5 Å². The van der Waals surface area contributed by atoms with E-state index in [4.69, 9.17) is 11.6 Å². The number of aromatic nitrogens is 1. The van der Waals surface area contributed by atoms with Gasteiger partial charge in [0.2, 0.25) is 5.91 Å². The number of fused-ring (bicyclic) bond motifs is 1. The monoisotopic (exact) mass is 275 g/mol. The Hall–Kier alpha value is -2.14. The van der Waals surface area contributed by atoms with Crippen molar-refractivity contribution in [1.82, 2.24) is 10.3 Å². The molecular weight excluding hydrogens is 266 g/mol. The summed E-state index contributed by atoms with van der Waals surface area (Å²) in [5, 5.41) is 4.65. The van der Waals surface area contributed by atoms with Crippen molar-refractivity contribution in [2.75, 3.05) is 11.4 Å². The first kappa shape index (κ1) is 11.9. The van der Waals surface area contributed by atoms with Crippen molar-refractivity contribution in [1.29, 1.82) is 0 Å². The third kappa shape index (κ3) is 2.13. The van der Waals surface area contributed by atoms with Gasteiger partial charge in [-0.15, -0.1) is 0 Å². The number of hydrogen-bond donors (Lipinski definition) is 1. The number of amides is 3. The van der Waals surface area contributed by atoms with Gasteiger partial charge in [0.15, 0.2) is 0 Å². The van der Waals surface area contributed by atoms with E-state index in [1.165, 1.54) is 4.90 Å². The number of carbonyl (C=O) groups excluding carboxylic acids is 2. The van der Waals surface area contributed by atoms with Gasteiger partial charge in [0.25, 0.3) is 0 Å². The molecule has 0 bridgehead atoms. The van der Waals surface area contributed by atoms with Crippen molar-refractivity contribution in [2.45, 2.75) is 6.42 Å². The van der Waals surface area contributed by atoms with E-state index < -0.39 is 6.03 Å². The highest BCUT2D eigenvalue weighted by Gasteiger charge is 2.25. The molecule has 1 fully saturated rings. The standard InChI is InChI=1S/C13H10ClN3O2/c14-9-1-2-10-8(5-9)6-15-7-11(10)17-4-3-12(18)16-13(17)19/h1-2,5-7H,3-4H2,(H,16,18,19). The normalized spacial score (nSPS) is 15.7. The molecule has 0 spiro atoms. The van der Waals surface area contributed by atoms with Crippen LogP contribution < -0.4 is 10.2 Å². The Kier molecular flexibility index (Phi) is 2.83. The fourth-order valence-corrected chi connectivity index (χ4v) is 2.32. The number of imide groups is 1. The van der Waals surface area contributed by atoms with Crippen LogP contribution in [0.15, 0.2) is 30.6 Å². The van der Waals surface area contributed by atoms with Crippen molar-refractivity contribution >= 4 is 40.0 Å². The van der Waals surface area contributed by atoms with Crippen molar-refractivity contribution in [3.63, 3.8) is 0 Å². The minimum Gasteiger partial charge on any atom is -0.291 e. The van der Waals surface area contributed by atoms with Gasteiger partial charge in [-0.1, -0.05) is 17.7 Å². The fourth-order valence-electron chi connectivity index (χ4n) is 2.14. The van der Waals surface area contributed by atoms with Gasteiger partial charge in [-0.3, -0.25) is 20.0 Å². The van der Waals surface area contributed by atoms with E-state index in [0.29, 0.717) is 17.3 Å². The second kappa shape index (κ2) is 4.51. The van der Waals surface area contributed by atoms with Gasteiger partial charge in [-0.2, -0.15) is 0 Å². The summed E-state index contributed by atoms with van der Waals surface area (Å²) in [5.74, 6) is -0.252. The molecular formula is C13H10ClN3O2. The molecule has 0 radical (unpaired) electrons. The van der Waals surface area contributed by atoms with Gasteiger partial charge in [0.1, 0.15) is 0 Å². The van der Waals surface area contributed by atoms with Crippen LogP contribution in [0, 0.1) is 0 Å². The van der Waals surface area contributed by atoms with Gasteiger partial charge in [-0.05, 0) is 12.1 Å². The van der Waals surface area contributed by atoms with Crippen LogP contribution in [0.1, 0.15) is 6.42 Å². The topological polar surface area (TPSA) is 62.3 Å². The van der Waals surface area contributed by atoms with Gasteiger partial charge in [0.05, 0.1) is 11.9 Å². The van der Waals surface area contributed by atoms with Crippen molar-refractivity contribution in [3.05, 3.63) is 35.6 Å². The summed E-state index contributed by atoms with van der Waals surface area (Å²) >= 11 is 5.94. The quantitative estimate of drug-likeness (QED) is 0.869. The summed E-state index contributed by atoms with van der Waals surface area (Å²) in [6.07, 6.45) is 3.60. The molecule has 1 N–H and O–H groups in total. The smallest absolute Gasteiger partial charge is 0.291 e. The van der Waals surface area contributed by atoms with Crippen LogP contribution in [-0.4, -0.2) is 23.5 Å². The average molecular weight is 276 g/mol. The molecule has 0 aliphatic carbocycles. The van der Waals surface area contributed by atoms with Crippen molar-refractivity contribution in [2.24, 2.45) is 0 Å². The number of carbonyl (C=O) groups is 2. The number of nitrogens with one attached hydrogen (secondary N) is 1. The number of pyridine rings is 1. The van der Waals surface area contributed by atoms with Crippen LogP contribution in [0.2, 0.25) is 5.02 Å². The number of halogens is 1. The fraction of sp³-hybridized carbons (Fsp3) is 0.154. The Bertz CT molecular complexity index is 687. The summed E-state index contributed by atoms with van der Waals surface area (Å²) in [6, 6.07) is 4.99. The van der Waals surface area contributed by atoms with E-state index in [2.05, 4.69) is 10.3 Å². The lowest BCUT2D eigenvalue weighted by Gasteiger charge is -2.27. The lowest BCUT2D eigenvalue weighted by atomic mass is 10.1. The molecule has 6 heteroatoms. The van der Waals surface area contributed by atoms with E-state index in [-0.39, 0.29) is 12.3 Å². The SMILES string of the molecule is O=C1CCN(c2cncc3cc(Cl)ccc23)C(=O)N1. The van der Waals surface area contributed by atoms with E-state index in [0.717, 1.165) is 10.8 Å². The zero-order chi connectivity index (χ0) is 13.4. The highest BCUT2D eigenvalue weighted by Crippen LogP contribution is 2.28. The lowest BCUT2D eigenvalue weighted by molar-refractivity contribution is -0.120. The molecule has 1 saturated heterocycles. The van der Waals surface area contributed by atoms with Crippen LogP contribution in [0.3, 0.4) is 0 Å². The number of benzene rings is 1. The van der Waals surface area contributed by atoms with Gasteiger partial charge < -0.3 is 0 Å². The zero-order valence-electron chi connectivity index (χ0n) is 9.89. The first-order valence-electron chi connectivity index (χ1n) is 5.80. The highest BCUT2D eigenvalue weighted by atomic mass is 35.5. The first-order chi connectivity index (χ1) is 9.15. The van der Waals surface area contributed by atoms with E-state index in [1.807, 2.05) is 6.07 Å². The number of anilines is 1. The molecule has 0 saturated carbocycles. The maximum Gasteiger partial charge on any atom is 0.328 e. The number of rotatable bonds is 1. The van der Waals surface area contributed by atoms with Crippen LogP contribution >= 0.6 is 11.6 Å². The van der Waals surface area contributed by atoms with Crippen LogP contribution in [-0.2, 0) is 4.79 Å². The maximum atomic E-state index is 11.9. The summed E-state index contributed by atoms with van der Waals surface area (Å²) < 4.78 is 0. The molecule has 5 nitrogen and oxygen atoms in total. The molecule has 1 aromatic carbocycles. The molecule has 1 aliphatic heterocycles. The van der Waals surface area contributed by atoms with Crippen LogP contribution in [0.4, 0.5) is 10.5 Å². The Morgan fingerprint density at radius 1 is 1.26 bits per heavy atom. The third-order valence-electron chi connectivity index (χ3n) is 3.04. The predicted molar refractivity (Wildman–Crippen MR) is 72.3 cm³/mol. The zero-order valence-corrected chi connectivity index (χ0v) is 10.6. The van der Waals surface area contributed by atoms with E-state index >= 15 is 0 Å². The highest BCUT2D eigenvalue weighted by molar-refractivity contribution is 6.31. The average Bonchev–Trinajstić information content (AvgIpc) is 2.38. The molecule has 3 amide bonds. The predicted octanol–water partition coefficient (Wildman–Crippen LogP) is 2.33. The van der Waals surface area contributed by atoms with Gasteiger partial charge in [-0.25, -0.2) is 4.79 Å². The molecule has 96 valence electrons. The van der Waals surface area contributed by atoms with Gasteiger partial charge >= 0.3 is 6.03 Å². The summed E-state index contributed by atoms with van der Waals surface area (Å²) in [5.41, 5.74) is 0.680. The largest absolute Gasteiger partial charge is 0.328 e. The van der Waals surface area contributed by atoms with Crippen molar-refractivity contribution in [3.8, 4) is 0 Å².